The molecule has 1 aliphatic heterocycles. The lowest BCUT2D eigenvalue weighted by molar-refractivity contribution is 0.193. The van der Waals surface area contributed by atoms with E-state index in [1.807, 2.05) is 30.5 Å². The summed E-state index contributed by atoms with van der Waals surface area (Å²) in [6, 6.07) is 14.6. The summed E-state index contributed by atoms with van der Waals surface area (Å²) >= 11 is 11.9. The van der Waals surface area contributed by atoms with Crippen molar-refractivity contribution < 1.29 is 0 Å². The normalized spacial score (nSPS) is 22.3. The zero-order valence-electron chi connectivity index (χ0n) is 16.6. The number of nitrogens with one attached hydrogen (secondary N) is 1. The van der Waals surface area contributed by atoms with Gasteiger partial charge in [0.15, 0.2) is 5.11 Å². The van der Waals surface area contributed by atoms with Gasteiger partial charge >= 0.3 is 0 Å². The van der Waals surface area contributed by atoms with E-state index in [4.69, 9.17) is 23.8 Å². The van der Waals surface area contributed by atoms with Gasteiger partial charge in [-0.25, -0.2) is 4.98 Å². The van der Waals surface area contributed by atoms with Crippen LogP contribution in [0.25, 0.3) is 5.82 Å². The number of hydrogen-bond acceptors (Lipinski definition) is 3. The van der Waals surface area contributed by atoms with E-state index < -0.39 is 0 Å². The summed E-state index contributed by atoms with van der Waals surface area (Å²) in [4.78, 5) is 11.6. The number of aromatic nitrogens is 3. The molecule has 3 aromatic heterocycles. The molecular weight excluding hydrogens is 414 g/mol. The molecule has 0 amide bonds. The number of nitrogens with zero attached hydrogens (tertiary/aromatic N) is 4. The first kappa shape index (κ1) is 19.5. The topological polar surface area (TPSA) is 46.0 Å². The highest BCUT2D eigenvalue weighted by Crippen LogP contribution is 2.42. The van der Waals surface area contributed by atoms with Crippen LogP contribution in [-0.4, -0.2) is 30.6 Å². The van der Waals surface area contributed by atoms with Gasteiger partial charge in [0.2, 0.25) is 0 Å². The Labute approximate surface area is 187 Å². The zero-order chi connectivity index (χ0) is 20.5. The molecule has 0 radical (unpaired) electrons. The lowest BCUT2D eigenvalue weighted by Crippen LogP contribution is -2.40. The maximum absolute atomic E-state index is 6.07. The first-order valence-electron chi connectivity index (χ1n) is 10.5. The molecule has 1 N–H and O–H groups in total. The Hall–Kier alpha value is -2.44. The summed E-state index contributed by atoms with van der Waals surface area (Å²) in [6.07, 6.45) is 11.8. The van der Waals surface area contributed by atoms with Crippen molar-refractivity contribution in [2.75, 3.05) is 0 Å². The molecule has 2 aliphatic rings. The third-order valence-electron chi connectivity index (χ3n) is 6.15. The van der Waals surface area contributed by atoms with Crippen LogP contribution in [0, 0.1) is 0 Å². The van der Waals surface area contributed by atoms with Crippen molar-refractivity contribution in [2.45, 2.75) is 50.2 Å². The molecule has 3 aromatic rings. The van der Waals surface area contributed by atoms with E-state index in [9.17, 15) is 0 Å². The number of hydrogen-bond donors (Lipinski definition) is 1. The first-order chi connectivity index (χ1) is 14.7. The van der Waals surface area contributed by atoms with E-state index in [-0.39, 0.29) is 12.1 Å². The van der Waals surface area contributed by atoms with Gasteiger partial charge in [0.05, 0.1) is 22.8 Å². The predicted molar refractivity (Wildman–Crippen MR) is 123 cm³/mol. The van der Waals surface area contributed by atoms with Crippen molar-refractivity contribution >= 4 is 28.9 Å². The maximum Gasteiger partial charge on any atom is 0.170 e. The number of rotatable bonds is 4. The third kappa shape index (κ3) is 3.59. The fourth-order valence-corrected chi connectivity index (χ4v) is 5.29. The molecule has 0 aromatic carbocycles. The average molecular weight is 438 g/mol. The molecule has 0 bridgehead atoms. The van der Waals surface area contributed by atoms with Gasteiger partial charge in [0.25, 0.3) is 0 Å². The van der Waals surface area contributed by atoms with E-state index in [2.05, 4.69) is 49.1 Å². The molecule has 2 unspecified atom stereocenters. The molecule has 30 heavy (non-hydrogen) atoms. The predicted octanol–water partition coefficient (Wildman–Crippen LogP) is 5.23. The SMILES string of the molecule is S=C1NC(c2ccccn2)C(c2cccn2-c2ccc(Cl)cn2)N1C1CCCCC1. The Balaban J connectivity index is 1.60. The van der Waals surface area contributed by atoms with Gasteiger partial charge in [-0.15, -0.1) is 0 Å². The monoisotopic (exact) mass is 437 g/mol. The molecule has 5 nitrogen and oxygen atoms in total. The minimum atomic E-state index is -0.0124. The molecule has 5 rings (SSSR count). The Morgan fingerprint density at radius 3 is 2.60 bits per heavy atom. The first-order valence-corrected chi connectivity index (χ1v) is 11.3. The van der Waals surface area contributed by atoms with E-state index in [0.717, 1.165) is 22.3 Å². The van der Waals surface area contributed by atoms with Crippen molar-refractivity contribution in [2.24, 2.45) is 0 Å². The molecule has 2 atom stereocenters. The van der Waals surface area contributed by atoms with E-state index in [0.29, 0.717) is 11.1 Å². The zero-order valence-corrected chi connectivity index (χ0v) is 18.2. The molecular formula is C23H24ClN5S. The van der Waals surface area contributed by atoms with Crippen molar-refractivity contribution in [3.8, 4) is 5.82 Å². The van der Waals surface area contributed by atoms with Crippen LogP contribution >= 0.6 is 23.8 Å². The molecule has 1 aliphatic carbocycles. The van der Waals surface area contributed by atoms with Gasteiger partial charge < -0.3 is 14.8 Å². The molecule has 1 saturated heterocycles. The molecule has 4 heterocycles. The second-order valence-corrected chi connectivity index (χ2v) is 8.79. The lowest BCUT2D eigenvalue weighted by Gasteiger charge is -2.37. The standard InChI is InChI=1S/C23H24ClN5S/c24-16-11-12-20(26-15-16)28-14-6-10-19(28)22-21(18-9-4-5-13-25-18)27-23(30)29(22)17-7-2-1-3-8-17/h4-6,9-15,17,21-22H,1-3,7-8H2,(H,27,30). The van der Waals surface area contributed by atoms with Crippen LogP contribution in [0.5, 0.6) is 0 Å². The van der Waals surface area contributed by atoms with Gasteiger partial charge in [-0.3, -0.25) is 4.98 Å². The summed E-state index contributed by atoms with van der Waals surface area (Å²) in [5.41, 5.74) is 2.15. The quantitative estimate of drug-likeness (QED) is 0.566. The molecule has 2 fully saturated rings. The van der Waals surface area contributed by atoms with Crippen LogP contribution in [0.3, 0.4) is 0 Å². The summed E-state index contributed by atoms with van der Waals surface area (Å²) in [5.74, 6) is 0.848. The van der Waals surface area contributed by atoms with Gasteiger partial charge in [-0.05, 0) is 61.5 Å². The number of pyridine rings is 2. The van der Waals surface area contributed by atoms with Crippen LogP contribution in [-0.2, 0) is 0 Å². The molecule has 7 heteroatoms. The van der Waals surface area contributed by atoms with E-state index in [1.54, 1.807) is 6.20 Å². The van der Waals surface area contributed by atoms with Crippen molar-refractivity contribution in [3.05, 3.63) is 77.5 Å². The summed E-state index contributed by atoms with van der Waals surface area (Å²) < 4.78 is 2.14. The van der Waals surface area contributed by atoms with Crippen LogP contribution < -0.4 is 5.32 Å². The average Bonchev–Trinajstić information content (AvgIpc) is 3.40. The highest BCUT2D eigenvalue weighted by atomic mass is 35.5. The fourth-order valence-electron chi connectivity index (χ4n) is 4.79. The van der Waals surface area contributed by atoms with E-state index >= 15 is 0 Å². The van der Waals surface area contributed by atoms with Crippen molar-refractivity contribution in [1.29, 1.82) is 0 Å². The van der Waals surface area contributed by atoms with Gasteiger partial charge in [0.1, 0.15) is 5.82 Å². The van der Waals surface area contributed by atoms with Gasteiger partial charge in [0, 0.05) is 30.3 Å². The highest BCUT2D eigenvalue weighted by Gasteiger charge is 2.44. The minimum Gasteiger partial charge on any atom is -0.352 e. The molecule has 0 spiro atoms. The van der Waals surface area contributed by atoms with Crippen LogP contribution in [0.4, 0.5) is 0 Å². The lowest BCUT2D eigenvalue weighted by atomic mass is 9.92. The second kappa shape index (κ2) is 8.36. The second-order valence-electron chi connectivity index (χ2n) is 7.96. The Bertz CT molecular complexity index is 1010. The summed E-state index contributed by atoms with van der Waals surface area (Å²) in [5, 5.41) is 5.03. The Kier molecular flexibility index (Phi) is 5.44. The minimum absolute atomic E-state index is 0.0124. The van der Waals surface area contributed by atoms with Crippen LogP contribution in [0.15, 0.2) is 61.1 Å². The van der Waals surface area contributed by atoms with Gasteiger partial charge in [-0.1, -0.05) is 36.9 Å². The Morgan fingerprint density at radius 1 is 1.00 bits per heavy atom. The van der Waals surface area contributed by atoms with Crippen LogP contribution in [0.1, 0.15) is 55.6 Å². The van der Waals surface area contributed by atoms with Crippen molar-refractivity contribution in [3.63, 3.8) is 0 Å². The highest BCUT2D eigenvalue weighted by molar-refractivity contribution is 7.80. The van der Waals surface area contributed by atoms with Gasteiger partial charge in [-0.2, -0.15) is 0 Å². The smallest absolute Gasteiger partial charge is 0.170 e. The Morgan fingerprint density at radius 2 is 1.87 bits per heavy atom. The largest absolute Gasteiger partial charge is 0.352 e. The third-order valence-corrected chi connectivity index (χ3v) is 6.70. The summed E-state index contributed by atoms with van der Waals surface area (Å²) in [7, 11) is 0. The van der Waals surface area contributed by atoms with E-state index in [1.165, 1.54) is 32.1 Å². The van der Waals surface area contributed by atoms with Crippen molar-refractivity contribution in [1.82, 2.24) is 24.8 Å². The molecule has 1 saturated carbocycles. The summed E-state index contributed by atoms with van der Waals surface area (Å²) in [6.45, 7) is 0. The van der Waals surface area contributed by atoms with Crippen LogP contribution in [0.2, 0.25) is 5.02 Å². The number of halogens is 1. The number of thiocarbonyl (C=S) groups is 1. The maximum atomic E-state index is 6.07. The fraction of sp³-hybridized carbons (Fsp3) is 0.348. The molecule has 154 valence electrons.